The van der Waals surface area contributed by atoms with E-state index in [1.807, 2.05) is 4.90 Å². The fraction of sp³-hybridized carbons (Fsp3) is 0.900. The van der Waals surface area contributed by atoms with Crippen LogP contribution in [0, 0.1) is 0 Å². The maximum Gasteiger partial charge on any atom is 0.323 e. The molecule has 15 heavy (non-hydrogen) atoms. The average Bonchev–Trinajstić information content (AvgIpc) is 2.70. The van der Waals surface area contributed by atoms with Crippen molar-refractivity contribution in [3.8, 4) is 0 Å². The Morgan fingerprint density at radius 2 is 2.20 bits per heavy atom. The zero-order valence-corrected chi connectivity index (χ0v) is 8.80. The third kappa shape index (κ3) is 1.75. The number of aliphatic hydroxyl groups is 2. The zero-order valence-electron chi connectivity index (χ0n) is 8.80. The maximum atomic E-state index is 11.6. The molecule has 4 unspecified atom stereocenters. The van der Waals surface area contributed by atoms with Gasteiger partial charge in [0.05, 0.1) is 18.8 Å². The van der Waals surface area contributed by atoms with Crippen LogP contribution in [-0.4, -0.2) is 58.5 Å². The van der Waals surface area contributed by atoms with Gasteiger partial charge >= 0.3 is 5.97 Å². The Hall–Kier alpha value is -0.650. The lowest BCUT2D eigenvalue weighted by Gasteiger charge is -2.21. The topological polar surface area (TPSA) is 70.0 Å². The van der Waals surface area contributed by atoms with Crippen LogP contribution in [0.1, 0.15) is 19.8 Å². The van der Waals surface area contributed by atoms with Gasteiger partial charge in [0.15, 0.2) is 0 Å². The van der Waals surface area contributed by atoms with E-state index in [2.05, 4.69) is 0 Å². The van der Waals surface area contributed by atoms with Crippen molar-refractivity contribution in [2.24, 2.45) is 0 Å². The van der Waals surface area contributed by atoms with Gasteiger partial charge in [-0.2, -0.15) is 0 Å². The van der Waals surface area contributed by atoms with E-state index in [-0.39, 0.29) is 18.1 Å². The Kier molecular flexibility index (Phi) is 2.95. The largest absolute Gasteiger partial charge is 0.465 e. The molecule has 0 bridgehead atoms. The summed E-state index contributed by atoms with van der Waals surface area (Å²) in [6.45, 7) is 2.52. The molecule has 2 heterocycles. The quantitative estimate of drug-likeness (QED) is 0.585. The second-order valence-electron chi connectivity index (χ2n) is 4.17. The third-order valence-electron chi connectivity index (χ3n) is 3.31. The number of esters is 1. The Morgan fingerprint density at radius 1 is 1.47 bits per heavy atom. The van der Waals surface area contributed by atoms with Crippen LogP contribution in [0.3, 0.4) is 0 Å². The van der Waals surface area contributed by atoms with Gasteiger partial charge in [-0.1, -0.05) is 0 Å². The Labute approximate surface area is 88.6 Å². The summed E-state index contributed by atoms with van der Waals surface area (Å²) in [7, 11) is 0. The van der Waals surface area contributed by atoms with Crippen LogP contribution >= 0.6 is 0 Å². The first kappa shape index (κ1) is 10.9. The van der Waals surface area contributed by atoms with E-state index in [1.54, 1.807) is 6.92 Å². The van der Waals surface area contributed by atoms with Crippen LogP contribution in [0.2, 0.25) is 0 Å². The van der Waals surface area contributed by atoms with Crippen molar-refractivity contribution in [2.45, 2.75) is 44.1 Å². The van der Waals surface area contributed by atoms with Crippen molar-refractivity contribution in [1.82, 2.24) is 4.90 Å². The maximum absolute atomic E-state index is 11.6. The Morgan fingerprint density at radius 3 is 2.87 bits per heavy atom. The first-order chi connectivity index (χ1) is 7.15. The molecule has 4 atom stereocenters. The summed E-state index contributed by atoms with van der Waals surface area (Å²) in [6, 6.07) is -0.351. The van der Waals surface area contributed by atoms with Crippen molar-refractivity contribution in [3.05, 3.63) is 0 Å². The molecule has 0 saturated carbocycles. The minimum absolute atomic E-state index is 0.0746. The molecule has 0 radical (unpaired) electrons. The number of hydrogen-bond acceptors (Lipinski definition) is 5. The molecule has 2 fully saturated rings. The summed E-state index contributed by atoms with van der Waals surface area (Å²) in [4.78, 5) is 13.4. The number of carbonyl (C=O) groups is 1. The number of carbonyl (C=O) groups excluding carboxylic acids is 1. The Balaban J connectivity index is 2.03. The standard InChI is InChI=1S/C10H17NO4/c1-2-15-10(14)7-4-3-6-9(13)8(12)5-11(6)7/h6-9,12-13H,2-5H2,1H3. The number of ether oxygens (including phenoxy) is 1. The normalized spacial score (nSPS) is 40.5. The SMILES string of the molecule is CCOC(=O)C1CCC2C(O)C(O)CN12. The summed E-state index contributed by atoms with van der Waals surface area (Å²) in [5.41, 5.74) is 0. The summed E-state index contributed by atoms with van der Waals surface area (Å²) in [6.07, 6.45) is 0.0197. The fourth-order valence-electron chi connectivity index (χ4n) is 2.59. The molecule has 0 aromatic heterocycles. The molecule has 5 heteroatoms. The number of aliphatic hydroxyl groups excluding tert-OH is 2. The van der Waals surface area contributed by atoms with Gasteiger partial charge in [-0.3, -0.25) is 9.69 Å². The van der Waals surface area contributed by atoms with Gasteiger partial charge in [-0.05, 0) is 19.8 Å². The molecular formula is C10H17NO4. The van der Waals surface area contributed by atoms with Crippen LogP contribution in [0.4, 0.5) is 0 Å². The van der Waals surface area contributed by atoms with E-state index < -0.39 is 12.2 Å². The van der Waals surface area contributed by atoms with Gasteiger partial charge in [0.2, 0.25) is 0 Å². The summed E-state index contributed by atoms with van der Waals surface area (Å²) in [5.74, 6) is -0.235. The highest BCUT2D eigenvalue weighted by molar-refractivity contribution is 5.76. The van der Waals surface area contributed by atoms with Crippen LogP contribution in [0.5, 0.6) is 0 Å². The van der Waals surface area contributed by atoms with Crippen molar-refractivity contribution in [3.63, 3.8) is 0 Å². The monoisotopic (exact) mass is 215 g/mol. The van der Waals surface area contributed by atoms with E-state index in [4.69, 9.17) is 4.74 Å². The fourth-order valence-corrected chi connectivity index (χ4v) is 2.59. The summed E-state index contributed by atoms with van der Waals surface area (Å²) in [5, 5.41) is 19.1. The van der Waals surface area contributed by atoms with Crippen molar-refractivity contribution in [2.75, 3.05) is 13.2 Å². The van der Waals surface area contributed by atoms with Crippen LogP contribution in [0.15, 0.2) is 0 Å². The molecule has 2 aliphatic rings. The predicted molar refractivity (Wildman–Crippen MR) is 52.2 cm³/mol. The highest BCUT2D eigenvalue weighted by Gasteiger charge is 2.49. The van der Waals surface area contributed by atoms with Gasteiger partial charge in [0.1, 0.15) is 6.04 Å². The first-order valence-corrected chi connectivity index (χ1v) is 5.43. The van der Waals surface area contributed by atoms with Crippen molar-refractivity contribution < 1.29 is 19.7 Å². The predicted octanol–water partition coefficient (Wildman–Crippen LogP) is -0.882. The average molecular weight is 215 g/mol. The van der Waals surface area contributed by atoms with E-state index >= 15 is 0 Å². The van der Waals surface area contributed by atoms with Crippen molar-refractivity contribution in [1.29, 1.82) is 0 Å². The molecule has 86 valence electrons. The van der Waals surface area contributed by atoms with Gasteiger partial charge < -0.3 is 14.9 Å². The highest BCUT2D eigenvalue weighted by atomic mass is 16.5. The number of nitrogens with zero attached hydrogens (tertiary/aromatic N) is 1. The van der Waals surface area contributed by atoms with E-state index in [0.717, 1.165) is 6.42 Å². The van der Waals surface area contributed by atoms with Crippen molar-refractivity contribution >= 4 is 5.97 Å². The van der Waals surface area contributed by atoms with E-state index in [1.165, 1.54) is 0 Å². The third-order valence-corrected chi connectivity index (χ3v) is 3.31. The van der Waals surface area contributed by atoms with Crippen LogP contribution < -0.4 is 0 Å². The number of hydrogen-bond donors (Lipinski definition) is 2. The van der Waals surface area contributed by atoms with Gasteiger partial charge in [0.25, 0.3) is 0 Å². The molecule has 0 spiro atoms. The lowest BCUT2D eigenvalue weighted by Crippen LogP contribution is -2.40. The van der Waals surface area contributed by atoms with Gasteiger partial charge in [0, 0.05) is 12.6 Å². The molecule has 2 aliphatic heterocycles. The smallest absolute Gasteiger partial charge is 0.323 e. The first-order valence-electron chi connectivity index (χ1n) is 5.43. The minimum atomic E-state index is -0.729. The zero-order chi connectivity index (χ0) is 11.0. The highest BCUT2D eigenvalue weighted by Crippen LogP contribution is 2.33. The molecule has 2 saturated heterocycles. The molecule has 0 aromatic rings. The minimum Gasteiger partial charge on any atom is -0.465 e. The molecule has 5 nitrogen and oxygen atoms in total. The van der Waals surface area contributed by atoms with Crippen LogP contribution in [0.25, 0.3) is 0 Å². The molecule has 2 rings (SSSR count). The second-order valence-corrected chi connectivity index (χ2v) is 4.17. The van der Waals surface area contributed by atoms with Gasteiger partial charge in [-0.25, -0.2) is 0 Å². The van der Waals surface area contributed by atoms with E-state index in [9.17, 15) is 15.0 Å². The van der Waals surface area contributed by atoms with E-state index in [0.29, 0.717) is 19.6 Å². The molecule has 0 amide bonds. The Bertz CT molecular complexity index is 258. The lowest BCUT2D eigenvalue weighted by molar-refractivity contribution is -0.148. The number of rotatable bonds is 2. The number of fused-ring (bicyclic) bond motifs is 1. The molecule has 0 aliphatic carbocycles. The summed E-state index contributed by atoms with van der Waals surface area (Å²) < 4.78 is 4.96. The second kappa shape index (κ2) is 4.08. The molecule has 2 N–H and O–H groups in total. The summed E-state index contributed by atoms with van der Waals surface area (Å²) >= 11 is 0. The molecule has 0 aromatic carbocycles. The van der Waals surface area contributed by atoms with Gasteiger partial charge in [-0.15, -0.1) is 0 Å². The lowest BCUT2D eigenvalue weighted by atomic mass is 10.1. The van der Waals surface area contributed by atoms with Crippen LogP contribution in [-0.2, 0) is 9.53 Å². The molecular weight excluding hydrogens is 198 g/mol.